The van der Waals surface area contributed by atoms with E-state index in [0.29, 0.717) is 6.42 Å². The van der Waals surface area contributed by atoms with Crippen molar-refractivity contribution in [2.24, 2.45) is 7.05 Å². The second kappa shape index (κ2) is 7.92. The molecule has 2 heterocycles. The number of nitrogens with zero attached hydrogens (tertiary/aromatic N) is 2. The molecule has 1 N–H and O–H groups in total. The molecule has 0 bridgehead atoms. The van der Waals surface area contributed by atoms with E-state index in [9.17, 15) is 4.79 Å². The van der Waals surface area contributed by atoms with Crippen LogP contribution in [0.1, 0.15) is 30.4 Å². The molecule has 2 aromatic heterocycles. The molecular formula is C23H25BrN2O2. The Morgan fingerprint density at radius 2 is 1.79 bits per heavy atom. The molecule has 4 rings (SSSR count). The number of pyridine rings is 1. The van der Waals surface area contributed by atoms with Gasteiger partial charge in [-0.1, -0.05) is 18.2 Å². The highest BCUT2D eigenvalue weighted by atomic mass is 79.9. The number of hydrogen-bond donors (Lipinski definition) is 1. The van der Waals surface area contributed by atoms with E-state index in [1.807, 2.05) is 0 Å². The molecule has 0 saturated heterocycles. The van der Waals surface area contributed by atoms with E-state index in [4.69, 9.17) is 5.11 Å². The monoisotopic (exact) mass is 440 g/mol. The molecule has 0 aliphatic rings. The van der Waals surface area contributed by atoms with Gasteiger partial charge < -0.3 is 26.7 Å². The number of carbonyl (C=O) groups is 1. The zero-order valence-electron chi connectivity index (χ0n) is 16.5. The van der Waals surface area contributed by atoms with Crippen LogP contribution >= 0.6 is 0 Å². The molecule has 0 aliphatic heterocycles. The van der Waals surface area contributed by atoms with Gasteiger partial charge in [-0.2, -0.15) is 0 Å². The number of unbranched alkanes of at least 4 members (excludes halogenated alkanes) is 1. The molecule has 0 spiro atoms. The molecule has 28 heavy (non-hydrogen) atoms. The lowest BCUT2D eigenvalue weighted by molar-refractivity contribution is -0.696. The van der Waals surface area contributed by atoms with Gasteiger partial charge in [-0.05, 0) is 42.8 Å². The lowest BCUT2D eigenvalue weighted by atomic mass is 9.97. The molecule has 4 aromatic rings. The van der Waals surface area contributed by atoms with Gasteiger partial charge in [0, 0.05) is 47.6 Å². The molecule has 0 amide bonds. The van der Waals surface area contributed by atoms with Gasteiger partial charge in [-0.3, -0.25) is 4.79 Å². The van der Waals surface area contributed by atoms with Crippen LogP contribution in [0.2, 0.25) is 0 Å². The number of hydrogen-bond acceptors (Lipinski definition) is 1. The minimum Gasteiger partial charge on any atom is -1.00 e. The van der Waals surface area contributed by atoms with Gasteiger partial charge in [0.1, 0.15) is 6.54 Å². The first-order chi connectivity index (χ1) is 13.0. The van der Waals surface area contributed by atoms with E-state index in [-0.39, 0.29) is 23.4 Å². The molecule has 4 nitrogen and oxygen atoms in total. The molecule has 0 aliphatic carbocycles. The third kappa shape index (κ3) is 3.28. The largest absolute Gasteiger partial charge is 1.00 e. The van der Waals surface area contributed by atoms with Gasteiger partial charge in [0.05, 0.1) is 5.52 Å². The number of benzene rings is 2. The number of carboxylic acids is 1. The molecule has 146 valence electrons. The normalized spacial score (nSPS) is 11.2. The predicted octanol–water partition coefficient (Wildman–Crippen LogP) is 1.65. The highest BCUT2D eigenvalue weighted by Crippen LogP contribution is 2.37. The van der Waals surface area contributed by atoms with Gasteiger partial charge in [0.25, 0.3) is 0 Å². The molecule has 0 fully saturated rings. The zero-order valence-corrected chi connectivity index (χ0v) is 18.1. The van der Waals surface area contributed by atoms with Crippen molar-refractivity contribution in [2.75, 3.05) is 0 Å². The Morgan fingerprint density at radius 3 is 2.54 bits per heavy atom. The summed E-state index contributed by atoms with van der Waals surface area (Å²) < 4.78 is 4.49. The summed E-state index contributed by atoms with van der Waals surface area (Å²) in [5.74, 6) is -0.719. The predicted molar refractivity (Wildman–Crippen MR) is 109 cm³/mol. The lowest BCUT2D eigenvalue weighted by Gasteiger charge is -2.10. The number of rotatable bonds is 5. The van der Waals surface area contributed by atoms with Crippen molar-refractivity contribution in [3.8, 4) is 0 Å². The third-order valence-corrected chi connectivity index (χ3v) is 5.72. The minimum atomic E-state index is -0.719. The second-order valence-electron chi connectivity index (χ2n) is 7.41. The summed E-state index contributed by atoms with van der Waals surface area (Å²) in [6, 6.07) is 10.8. The first-order valence-electron chi connectivity index (χ1n) is 9.50. The van der Waals surface area contributed by atoms with Crippen LogP contribution in [-0.4, -0.2) is 15.6 Å². The Labute approximate surface area is 175 Å². The highest BCUT2D eigenvalue weighted by Gasteiger charge is 2.18. The van der Waals surface area contributed by atoms with E-state index in [1.54, 1.807) is 0 Å². The fraction of sp³-hybridized carbons (Fsp3) is 0.304. The molecule has 0 saturated carbocycles. The smallest absolute Gasteiger partial charge is 0.303 e. The molecule has 5 heteroatoms. The number of aliphatic carboxylic acids is 1. The summed E-state index contributed by atoms with van der Waals surface area (Å²) in [5.41, 5.74) is 5.18. The van der Waals surface area contributed by atoms with Crippen LogP contribution in [-0.2, 0) is 18.4 Å². The van der Waals surface area contributed by atoms with Crippen LogP contribution in [0.4, 0.5) is 0 Å². The Balaban J connectivity index is 0.00000225. The fourth-order valence-electron chi connectivity index (χ4n) is 4.35. The number of aromatic nitrogens is 2. The van der Waals surface area contributed by atoms with E-state index >= 15 is 0 Å². The van der Waals surface area contributed by atoms with Crippen molar-refractivity contribution in [3.05, 3.63) is 53.9 Å². The molecule has 2 aromatic carbocycles. The fourth-order valence-corrected chi connectivity index (χ4v) is 4.35. The Morgan fingerprint density at radius 1 is 1.04 bits per heavy atom. The van der Waals surface area contributed by atoms with E-state index < -0.39 is 5.97 Å². The first kappa shape index (κ1) is 20.3. The van der Waals surface area contributed by atoms with Crippen molar-refractivity contribution >= 4 is 38.5 Å². The summed E-state index contributed by atoms with van der Waals surface area (Å²) in [6.07, 6.45) is 6.16. The molecule has 0 atom stereocenters. The maximum atomic E-state index is 10.7. The van der Waals surface area contributed by atoms with Crippen LogP contribution in [0.3, 0.4) is 0 Å². The number of carboxylic acid groups (broad SMARTS) is 1. The number of halogens is 1. The summed E-state index contributed by atoms with van der Waals surface area (Å²) in [5, 5.41) is 14.0. The van der Waals surface area contributed by atoms with Gasteiger partial charge in [-0.25, -0.2) is 4.57 Å². The van der Waals surface area contributed by atoms with Gasteiger partial charge in [0.15, 0.2) is 12.4 Å². The van der Waals surface area contributed by atoms with Crippen molar-refractivity contribution in [1.82, 2.24) is 4.57 Å². The number of para-hydroxylation sites is 1. The summed E-state index contributed by atoms with van der Waals surface area (Å²) in [6.45, 7) is 5.26. The average molecular weight is 441 g/mol. The van der Waals surface area contributed by atoms with E-state index in [2.05, 4.69) is 72.8 Å². The zero-order chi connectivity index (χ0) is 19.1. The Bertz CT molecular complexity index is 1190. The van der Waals surface area contributed by atoms with Gasteiger partial charge in [-0.15, -0.1) is 0 Å². The minimum absolute atomic E-state index is 0. The lowest BCUT2D eigenvalue weighted by Crippen LogP contribution is -3.00. The number of fused-ring (bicyclic) bond motifs is 4. The third-order valence-electron chi connectivity index (χ3n) is 5.72. The SMILES string of the molecule is Cc1c2c[n+](CCCCC(=O)O)ccc2c(C)c2c1c1ccccc1n2C.[Br-]. The van der Waals surface area contributed by atoms with E-state index in [1.165, 1.54) is 43.7 Å². The maximum Gasteiger partial charge on any atom is 0.303 e. The van der Waals surface area contributed by atoms with Crippen molar-refractivity contribution in [3.63, 3.8) is 0 Å². The summed E-state index contributed by atoms with van der Waals surface area (Å²) >= 11 is 0. The summed E-state index contributed by atoms with van der Waals surface area (Å²) in [7, 11) is 2.15. The second-order valence-corrected chi connectivity index (χ2v) is 7.41. The molecule has 0 unspecified atom stereocenters. The highest BCUT2D eigenvalue weighted by molar-refractivity contribution is 6.16. The number of aryl methyl sites for hydroxylation is 4. The molecule has 0 radical (unpaired) electrons. The standard InChI is InChI=1S/C23H24N2O2.BrH/c1-15-19-14-25(12-7-6-10-21(26)27)13-11-17(19)16(2)23-22(15)18-8-4-5-9-20(18)24(23)3;/h4-5,8-9,11,13-14H,6-7,10,12H2,1-3H3;1H. The maximum absolute atomic E-state index is 10.7. The first-order valence-corrected chi connectivity index (χ1v) is 9.50. The summed E-state index contributed by atoms with van der Waals surface area (Å²) in [4.78, 5) is 10.7. The van der Waals surface area contributed by atoms with Crippen molar-refractivity contribution in [2.45, 2.75) is 39.7 Å². The van der Waals surface area contributed by atoms with E-state index in [0.717, 1.165) is 13.0 Å². The van der Waals surface area contributed by atoms with Crippen LogP contribution in [0.15, 0.2) is 42.7 Å². The van der Waals surface area contributed by atoms with Crippen LogP contribution in [0, 0.1) is 13.8 Å². The Kier molecular flexibility index (Phi) is 5.75. The quantitative estimate of drug-likeness (QED) is 0.378. The Hall–Kier alpha value is -2.40. The van der Waals surface area contributed by atoms with Crippen LogP contribution in [0.5, 0.6) is 0 Å². The van der Waals surface area contributed by atoms with Gasteiger partial charge in [0.2, 0.25) is 0 Å². The van der Waals surface area contributed by atoms with Crippen molar-refractivity contribution in [1.29, 1.82) is 0 Å². The average Bonchev–Trinajstić information content (AvgIpc) is 2.96. The molecular weight excluding hydrogens is 416 g/mol. The van der Waals surface area contributed by atoms with Crippen LogP contribution < -0.4 is 21.5 Å². The van der Waals surface area contributed by atoms with Gasteiger partial charge >= 0.3 is 5.97 Å². The van der Waals surface area contributed by atoms with Crippen molar-refractivity contribution < 1.29 is 31.4 Å². The van der Waals surface area contributed by atoms with Crippen LogP contribution in [0.25, 0.3) is 32.6 Å². The topological polar surface area (TPSA) is 46.1 Å².